The molecule has 0 spiro atoms. The smallest absolute Gasteiger partial charge is 0.270 e. The first-order valence-electron chi connectivity index (χ1n) is 5.30. The van der Waals surface area contributed by atoms with E-state index in [0.717, 1.165) is 4.47 Å². The predicted octanol–water partition coefficient (Wildman–Crippen LogP) is 1.65. The number of halogens is 1. The second-order valence-electron chi connectivity index (χ2n) is 4.08. The van der Waals surface area contributed by atoms with E-state index in [1.165, 1.54) is 0 Å². The van der Waals surface area contributed by atoms with Crippen molar-refractivity contribution >= 4 is 21.8 Å². The van der Waals surface area contributed by atoms with Crippen LogP contribution in [0.25, 0.3) is 0 Å². The van der Waals surface area contributed by atoms with Crippen molar-refractivity contribution in [2.75, 3.05) is 19.8 Å². The minimum atomic E-state index is 0.0731. The molecule has 2 rings (SSSR count). The molecule has 0 aromatic carbocycles. The first-order chi connectivity index (χ1) is 7.59. The number of hydrogen-bond acceptors (Lipinski definition) is 2. The Morgan fingerprint density at radius 1 is 1.62 bits per heavy atom. The van der Waals surface area contributed by atoms with Gasteiger partial charge in [0.15, 0.2) is 0 Å². The fourth-order valence-corrected chi connectivity index (χ4v) is 2.44. The van der Waals surface area contributed by atoms with E-state index in [9.17, 15) is 4.79 Å². The summed E-state index contributed by atoms with van der Waals surface area (Å²) in [6.45, 7) is 3.93. The van der Waals surface area contributed by atoms with Gasteiger partial charge in [0.1, 0.15) is 5.69 Å². The molecule has 0 radical (unpaired) electrons. The molecule has 5 heteroatoms. The maximum Gasteiger partial charge on any atom is 0.270 e. The summed E-state index contributed by atoms with van der Waals surface area (Å²) in [5, 5.41) is 0. The van der Waals surface area contributed by atoms with Gasteiger partial charge < -0.3 is 14.2 Å². The van der Waals surface area contributed by atoms with Gasteiger partial charge in [-0.05, 0) is 28.9 Å². The number of rotatable bonds is 1. The molecule has 0 N–H and O–H groups in total. The van der Waals surface area contributed by atoms with Gasteiger partial charge in [0.05, 0.1) is 19.3 Å². The van der Waals surface area contributed by atoms with E-state index >= 15 is 0 Å². The van der Waals surface area contributed by atoms with Crippen LogP contribution in [0.5, 0.6) is 0 Å². The molecule has 4 nitrogen and oxygen atoms in total. The molecule has 1 aromatic rings. The Morgan fingerprint density at radius 2 is 2.38 bits per heavy atom. The van der Waals surface area contributed by atoms with Crippen LogP contribution in [0.15, 0.2) is 16.7 Å². The molecule has 0 saturated carbocycles. The highest BCUT2D eigenvalue weighted by Crippen LogP contribution is 2.17. The van der Waals surface area contributed by atoms with Crippen LogP contribution in [-0.2, 0) is 11.8 Å². The van der Waals surface area contributed by atoms with Crippen molar-refractivity contribution in [1.82, 2.24) is 9.47 Å². The quantitative estimate of drug-likeness (QED) is 0.787. The van der Waals surface area contributed by atoms with E-state index in [0.29, 0.717) is 25.5 Å². The summed E-state index contributed by atoms with van der Waals surface area (Å²) in [5.74, 6) is 0.0731. The zero-order valence-electron chi connectivity index (χ0n) is 9.44. The molecule has 88 valence electrons. The van der Waals surface area contributed by atoms with Crippen LogP contribution in [0, 0.1) is 0 Å². The molecule has 1 fully saturated rings. The number of carbonyl (C=O) groups excluding carboxylic acids is 1. The van der Waals surface area contributed by atoms with Crippen molar-refractivity contribution < 1.29 is 9.53 Å². The second-order valence-corrected chi connectivity index (χ2v) is 4.99. The van der Waals surface area contributed by atoms with Gasteiger partial charge in [-0.25, -0.2) is 0 Å². The standard InChI is InChI=1S/C11H15BrN2O2/c1-8-7-16-4-3-14(8)11(15)10-5-9(12)6-13(10)2/h5-6,8H,3-4,7H2,1-2H3. The van der Waals surface area contributed by atoms with Gasteiger partial charge in [0.25, 0.3) is 5.91 Å². The summed E-state index contributed by atoms with van der Waals surface area (Å²) in [5.41, 5.74) is 0.709. The van der Waals surface area contributed by atoms with E-state index in [1.807, 2.05) is 35.7 Å². The summed E-state index contributed by atoms with van der Waals surface area (Å²) in [4.78, 5) is 14.1. The number of ether oxygens (including phenoxy) is 1. The van der Waals surface area contributed by atoms with E-state index < -0.39 is 0 Å². The lowest BCUT2D eigenvalue weighted by atomic mass is 10.2. The molecule has 0 bridgehead atoms. The fraction of sp³-hybridized carbons (Fsp3) is 0.545. The number of morpholine rings is 1. The van der Waals surface area contributed by atoms with Crippen LogP contribution in [0.1, 0.15) is 17.4 Å². The lowest BCUT2D eigenvalue weighted by molar-refractivity contribution is 0.00308. The summed E-state index contributed by atoms with van der Waals surface area (Å²) >= 11 is 3.37. The summed E-state index contributed by atoms with van der Waals surface area (Å²) in [6, 6.07) is 2.00. The number of aromatic nitrogens is 1. The Balaban J connectivity index is 2.21. The van der Waals surface area contributed by atoms with Gasteiger partial charge in [0, 0.05) is 24.3 Å². The van der Waals surface area contributed by atoms with Crippen LogP contribution in [0.2, 0.25) is 0 Å². The number of amides is 1. The summed E-state index contributed by atoms with van der Waals surface area (Å²) < 4.78 is 8.10. The van der Waals surface area contributed by atoms with Crippen molar-refractivity contribution in [3.05, 3.63) is 22.4 Å². The molecule has 0 aliphatic carbocycles. The van der Waals surface area contributed by atoms with Gasteiger partial charge >= 0.3 is 0 Å². The van der Waals surface area contributed by atoms with Crippen LogP contribution >= 0.6 is 15.9 Å². The highest BCUT2D eigenvalue weighted by molar-refractivity contribution is 9.10. The molecular weight excluding hydrogens is 272 g/mol. The first-order valence-corrected chi connectivity index (χ1v) is 6.09. The van der Waals surface area contributed by atoms with Gasteiger partial charge in [-0.2, -0.15) is 0 Å². The average molecular weight is 287 g/mol. The normalized spacial score (nSPS) is 21.2. The maximum absolute atomic E-state index is 12.3. The van der Waals surface area contributed by atoms with Crippen molar-refractivity contribution in [2.45, 2.75) is 13.0 Å². The molecule has 1 aliphatic rings. The van der Waals surface area contributed by atoms with Gasteiger partial charge in [0.2, 0.25) is 0 Å². The number of aryl methyl sites for hydroxylation is 1. The maximum atomic E-state index is 12.3. The topological polar surface area (TPSA) is 34.5 Å². The number of carbonyl (C=O) groups is 1. The van der Waals surface area contributed by atoms with Crippen molar-refractivity contribution in [3.63, 3.8) is 0 Å². The third kappa shape index (κ3) is 2.15. The van der Waals surface area contributed by atoms with Crippen LogP contribution in [0.3, 0.4) is 0 Å². The minimum absolute atomic E-state index is 0.0731. The molecule has 1 aromatic heterocycles. The Kier molecular flexibility index (Phi) is 3.35. The highest BCUT2D eigenvalue weighted by Gasteiger charge is 2.26. The molecule has 1 aliphatic heterocycles. The van der Waals surface area contributed by atoms with Crippen molar-refractivity contribution in [2.24, 2.45) is 7.05 Å². The van der Waals surface area contributed by atoms with Gasteiger partial charge in [-0.15, -0.1) is 0 Å². The molecule has 1 amide bonds. The SMILES string of the molecule is CC1COCCN1C(=O)c1cc(Br)cn1C. The van der Waals surface area contributed by atoms with E-state index in [1.54, 1.807) is 0 Å². The Morgan fingerprint density at radius 3 is 2.94 bits per heavy atom. The Bertz CT molecular complexity index is 403. The third-order valence-corrected chi connectivity index (χ3v) is 3.25. The zero-order chi connectivity index (χ0) is 11.7. The monoisotopic (exact) mass is 286 g/mol. The predicted molar refractivity (Wildman–Crippen MR) is 64.4 cm³/mol. The van der Waals surface area contributed by atoms with Gasteiger partial charge in [-0.3, -0.25) is 4.79 Å². The average Bonchev–Trinajstić information content (AvgIpc) is 2.58. The van der Waals surface area contributed by atoms with Crippen LogP contribution < -0.4 is 0 Å². The largest absolute Gasteiger partial charge is 0.377 e. The number of hydrogen-bond donors (Lipinski definition) is 0. The fourth-order valence-electron chi connectivity index (χ4n) is 1.91. The molecule has 1 unspecified atom stereocenters. The van der Waals surface area contributed by atoms with Crippen LogP contribution in [0.4, 0.5) is 0 Å². The summed E-state index contributed by atoms with van der Waals surface area (Å²) in [6.07, 6.45) is 1.89. The first kappa shape index (κ1) is 11.7. The Labute approximate surface area is 103 Å². The Hall–Kier alpha value is -0.810. The van der Waals surface area contributed by atoms with E-state index in [4.69, 9.17) is 4.74 Å². The molecule has 2 heterocycles. The van der Waals surface area contributed by atoms with Crippen molar-refractivity contribution in [3.8, 4) is 0 Å². The minimum Gasteiger partial charge on any atom is -0.377 e. The zero-order valence-corrected chi connectivity index (χ0v) is 11.0. The number of nitrogens with zero attached hydrogens (tertiary/aromatic N) is 2. The highest BCUT2D eigenvalue weighted by atomic mass is 79.9. The lowest BCUT2D eigenvalue weighted by Crippen LogP contribution is -2.47. The lowest BCUT2D eigenvalue weighted by Gasteiger charge is -2.33. The molecule has 1 saturated heterocycles. The molecular formula is C11H15BrN2O2. The molecule has 1 atom stereocenters. The van der Waals surface area contributed by atoms with E-state index in [-0.39, 0.29) is 11.9 Å². The second kappa shape index (κ2) is 4.59. The van der Waals surface area contributed by atoms with Crippen LogP contribution in [-0.4, -0.2) is 41.2 Å². The van der Waals surface area contributed by atoms with Crippen molar-refractivity contribution in [1.29, 1.82) is 0 Å². The van der Waals surface area contributed by atoms with Gasteiger partial charge in [-0.1, -0.05) is 0 Å². The van der Waals surface area contributed by atoms with E-state index in [2.05, 4.69) is 15.9 Å². The third-order valence-electron chi connectivity index (χ3n) is 2.82. The summed E-state index contributed by atoms with van der Waals surface area (Å²) in [7, 11) is 1.88. The molecule has 16 heavy (non-hydrogen) atoms.